The molecule has 0 fully saturated rings. The molecule has 0 unspecified atom stereocenters. The molecule has 0 spiro atoms. The number of hydrogen-bond donors (Lipinski definition) is 0. The Labute approximate surface area is 134 Å². The Morgan fingerprint density at radius 2 is 2.00 bits per heavy atom. The smallest absolute Gasteiger partial charge is 0.329 e. The summed E-state index contributed by atoms with van der Waals surface area (Å²) in [6.07, 6.45) is -0.145. The van der Waals surface area contributed by atoms with Crippen molar-refractivity contribution in [3.63, 3.8) is 0 Å². The molecule has 3 aromatic rings. The maximum absolute atomic E-state index is 14.2. The molecule has 124 valence electrons. The van der Waals surface area contributed by atoms with Crippen molar-refractivity contribution in [3.05, 3.63) is 65.8 Å². The van der Waals surface area contributed by atoms with Crippen molar-refractivity contribution < 1.29 is 17.6 Å². The third-order valence-corrected chi connectivity index (χ3v) is 3.58. The summed E-state index contributed by atoms with van der Waals surface area (Å²) in [5, 5.41) is 7.71. The molecule has 0 aliphatic carbocycles. The van der Waals surface area contributed by atoms with Crippen molar-refractivity contribution in [1.29, 1.82) is 0 Å². The molecule has 1 aromatic carbocycles. The predicted molar refractivity (Wildman–Crippen MR) is 78.5 cm³/mol. The Morgan fingerprint density at radius 1 is 1.21 bits per heavy atom. The number of nitrogens with zero attached hydrogens (tertiary/aromatic N) is 4. The average molecular weight is 336 g/mol. The fourth-order valence-corrected chi connectivity index (χ4v) is 2.35. The van der Waals surface area contributed by atoms with Gasteiger partial charge in [0.05, 0.1) is 24.0 Å². The van der Waals surface area contributed by atoms with Crippen molar-refractivity contribution >= 4 is 0 Å². The van der Waals surface area contributed by atoms with Gasteiger partial charge in [0.15, 0.2) is 0 Å². The van der Waals surface area contributed by atoms with E-state index in [2.05, 4.69) is 15.2 Å². The molecule has 0 saturated heterocycles. The van der Waals surface area contributed by atoms with Gasteiger partial charge in [-0.2, -0.15) is 23.4 Å². The monoisotopic (exact) mass is 336 g/mol. The average Bonchev–Trinajstić information content (AvgIpc) is 2.92. The van der Waals surface area contributed by atoms with Crippen LogP contribution >= 0.6 is 0 Å². The maximum Gasteiger partial charge on any atom is 0.419 e. The largest absolute Gasteiger partial charge is 0.419 e. The van der Waals surface area contributed by atoms with E-state index in [-0.39, 0.29) is 11.1 Å². The summed E-state index contributed by atoms with van der Waals surface area (Å²) >= 11 is 0. The van der Waals surface area contributed by atoms with Crippen molar-refractivity contribution in [2.24, 2.45) is 0 Å². The highest BCUT2D eigenvalue weighted by atomic mass is 19.4. The van der Waals surface area contributed by atoms with Crippen molar-refractivity contribution in [3.8, 4) is 11.1 Å². The normalized spacial score (nSPS) is 11.7. The van der Waals surface area contributed by atoms with Crippen LogP contribution in [0.4, 0.5) is 17.6 Å². The number of hydrogen-bond acceptors (Lipinski definition) is 3. The van der Waals surface area contributed by atoms with E-state index >= 15 is 0 Å². The van der Waals surface area contributed by atoms with E-state index in [9.17, 15) is 17.6 Å². The summed E-state index contributed by atoms with van der Waals surface area (Å²) in [5.41, 5.74) is -0.737. The summed E-state index contributed by atoms with van der Waals surface area (Å²) in [5.74, 6) is -0.560. The Kier molecular flexibility index (Phi) is 4.04. The van der Waals surface area contributed by atoms with Gasteiger partial charge in [-0.15, -0.1) is 0 Å². The molecular weight excluding hydrogens is 324 g/mol. The zero-order chi connectivity index (χ0) is 17.3. The molecule has 0 amide bonds. The van der Waals surface area contributed by atoms with E-state index in [0.29, 0.717) is 18.3 Å². The number of halogens is 4. The Balaban J connectivity index is 1.99. The second-order valence-electron chi connectivity index (χ2n) is 5.20. The third-order valence-electron chi connectivity index (χ3n) is 3.58. The number of alkyl halides is 3. The molecule has 0 aliphatic rings. The number of aryl methyl sites for hydroxylation is 1. The highest BCUT2D eigenvalue weighted by molar-refractivity contribution is 5.64. The van der Waals surface area contributed by atoms with E-state index in [4.69, 9.17) is 0 Å². The molecule has 3 rings (SSSR count). The fourth-order valence-electron chi connectivity index (χ4n) is 2.35. The van der Waals surface area contributed by atoms with Crippen molar-refractivity contribution in [2.75, 3.05) is 0 Å². The highest BCUT2D eigenvalue weighted by Gasteiger charge is 2.35. The Hall–Kier alpha value is -2.77. The van der Waals surface area contributed by atoms with Gasteiger partial charge in [0.25, 0.3) is 0 Å². The Bertz CT molecular complexity index is 871. The number of aromatic nitrogens is 4. The molecule has 0 bridgehead atoms. The van der Waals surface area contributed by atoms with Gasteiger partial charge in [0, 0.05) is 23.5 Å². The standard InChI is InChI=1S/C16H12F4N4/c1-10-21-5-6-24(10)9-12-7-11(8-22-23-12)13-3-2-4-14(15(13)17)16(18,19)20/h2-8H,9H2,1H3. The highest BCUT2D eigenvalue weighted by Crippen LogP contribution is 2.35. The molecule has 0 N–H and O–H groups in total. The predicted octanol–water partition coefficient (Wildman–Crippen LogP) is 3.85. The summed E-state index contributed by atoms with van der Waals surface area (Å²) in [4.78, 5) is 4.08. The molecule has 2 aromatic heterocycles. The van der Waals surface area contributed by atoms with Gasteiger partial charge in [0.1, 0.15) is 11.6 Å². The van der Waals surface area contributed by atoms with E-state index in [1.54, 1.807) is 17.0 Å². The first kappa shape index (κ1) is 16.1. The zero-order valence-electron chi connectivity index (χ0n) is 12.5. The van der Waals surface area contributed by atoms with Crippen LogP contribution in [0.5, 0.6) is 0 Å². The first-order valence-electron chi connectivity index (χ1n) is 7.01. The topological polar surface area (TPSA) is 43.6 Å². The van der Waals surface area contributed by atoms with Gasteiger partial charge in [-0.25, -0.2) is 9.37 Å². The van der Waals surface area contributed by atoms with Crippen LogP contribution in [0.2, 0.25) is 0 Å². The van der Waals surface area contributed by atoms with Gasteiger partial charge in [-0.3, -0.25) is 0 Å². The first-order chi connectivity index (χ1) is 11.4. The molecule has 0 atom stereocenters. The van der Waals surface area contributed by atoms with Crippen LogP contribution in [-0.4, -0.2) is 19.7 Å². The van der Waals surface area contributed by atoms with Gasteiger partial charge < -0.3 is 4.57 Å². The fraction of sp³-hybridized carbons (Fsp3) is 0.188. The lowest BCUT2D eigenvalue weighted by atomic mass is 10.0. The molecule has 0 saturated carbocycles. The van der Waals surface area contributed by atoms with Crippen LogP contribution in [0.15, 0.2) is 42.9 Å². The molecular formula is C16H12F4N4. The van der Waals surface area contributed by atoms with Crippen LogP contribution in [-0.2, 0) is 12.7 Å². The minimum atomic E-state index is -4.75. The van der Waals surface area contributed by atoms with E-state index in [1.165, 1.54) is 24.4 Å². The number of rotatable bonds is 3. The molecule has 8 heteroatoms. The van der Waals surface area contributed by atoms with Gasteiger partial charge in [-0.05, 0) is 19.1 Å². The Morgan fingerprint density at radius 3 is 2.67 bits per heavy atom. The van der Waals surface area contributed by atoms with E-state index in [1.807, 2.05) is 6.92 Å². The quantitative estimate of drug-likeness (QED) is 0.682. The maximum atomic E-state index is 14.2. The SMILES string of the molecule is Cc1nccn1Cc1cc(-c2cccc(C(F)(F)F)c2F)cnn1. The van der Waals surface area contributed by atoms with Crippen LogP contribution in [0.3, 0.4) is 0 Å². The second-order valence-corrected chi connectivity index (χ2v) is 5.20. The van der Waals surface area contributed by atoms with Gasteiger partial charge in [-0.1, -0.05) is 12.1 Å². The second kappa shape index (κ2) is 6.03. The van der Waals surface area contributed by atoms with Gasteiger partial charge >= 0.3 is 6.18 Å². The van der Waals surface area contributed by atoms with Gasteiger partial charge in [0.2, 0.25) is 0 Å². The first-order valence-corrected chi connectivity index (χ1v) is 7.01. The van der Waals surface area contributed by atoms with Crippen LogP contribution in [0.25, 0.3) is 11.1 Å². The zero-order valence-corrected chi connectivity index (χ0v) is 12.5. The summed E-state index contributed by atoms with van der Waals surface area (Å²) < 4.78 is 54.6. The van der Waals surface area contributed by atoms with E-state index < -0.39 is 17.6 Å². The minimum Gasteiger partial charge on any atom is -0.329 e. The summed E-state index contributed by atoms with van der Waals surface area (Å²) in [6.45, 7) is 2.15. The molecule has 4 nitrogen and oxygen atoms in total. The lowest BCUT2D eigenvalue weighted by molar-refractivity contribution is -0.139. The number of imidazole rings is 1. The number of benzene rings is 1. The molecule has 2 heterocycles. The van der Waals surface area contributed by atoms with Crippen molar-refractivity contribution in [2.45, 2.75) is 19.6 Å². The summed E-state index contributed by atoms with van der Waals surface area (Å²) in [7, 11) is 0. The molecule has 24 heavy (non-hydrogen) atoms. The lowest BCUT2D eigenvalue weighted by Crippen LogP contribution is -2.09. The lowest BCUT2D eigenvalue weighted by Gasteiger charge is -2.11. The third kappa shape index (κ3) is 3.12. The van der Waals surface area contributed by atoms with E-state index in [0.717, 1.165) is 5.82 Å². The summed E-state index contributed by atoms with van der Waals surface area (Å²) in [6, 6.07) is 4.68. The minimum absolute atomic E-state index is 0.164. The molecule has 0 aliphatic heterocycles. The van der Waals surface area contributed by atoms with Crippen LogP contribution in [0, 0.1) is 12.7 Å². The van der Waals surface area contributed by atoms with Crippen LogP contribution in [0.1, 0.15) is 17.1 Å². The van der Waals surface area contributed by atoms with Crippen molar-refractivity contribution in [1.82, 2.24) is 19.7 Å². The molecule has 0 radical (unpaired) electrons. The van der Waals surface area contributed by atoms with Crippen LogP contribution < -0.4 is 0 Å².